The van der Waals surface area contributed by atoms with Crippen LogP contribution in [0.15, 0.2) is 42.5 Å². The van der Waals surface area contributed by atoms with E-state index in [9.17, 15) is 0 Å². The monoisotopic (exact) mass is 339 g/mol. The molecule has 16 heavy (non-hydrogen) atoms. The molecule has 0 spiro atoms. The van der Waals surface area contributed by atoms with Gasteiger partial charge in [-0.2, -0.15) is 0 Å². The molecule has 0 amide bonds. The van der Waals surface area contributed by atoms with Crippen molar-refractivity contribution in [2.75, 3.05) is 7.05 Å². The van der Waals surface area contributed by atoms with Crippen LogP contribution < -0.4 is 0 Å². The molecule has 1 radical (unpaired) electrons. The molecule has 0 aliphatic carbocycles. The Hall–Kier alpha value is -0.635. The molecule has 1 aromatic carbocycles. The summed E-state index contributed by atoms with van der Waals surface area (Å²) in [6.07, 6.45) is 8.64. The Morgan fingerprint density at radius 2 is 1.69 bits per heavy atom. The van der Waals surface area contributed by atoms with Gasteiger partial charge < -0.3 is 18.2 Å². The van der Waals surface area contributed by atoms with Gasteiger partial charge in [-0.25, -0.2) is 0 Å². The van der Waals surface area contributed by atoms with Crippen molar-refractivity contribution in [2.45, 2.75) is 0 Å². The molecule has 0 saturated carbocycles. The first kappa shape index (κ1) is 17.8. The van der Waals surface area contributed by atoms with Crippen molar-refractivity contribution in [2.24, 2.45) is 0 Å². The summed E-state index contributed by atoms with van der Waals surface area (Å²) in [5.41, 5.74) is 2.12. The Kier molecular flexibility index (Phi) is 12.1. The minimum atomic E-state index is 0. The van der Waals surface area contributed by atoms with Crippen molar-refractivity contribution in [3.8, 4) is 0 Å². The molecular formula is C13H16LaN2-2. The van der Waals surface area contributed by atoms with Gasteiger partial charge in [0.2, 0.25) is 0 Å². The molecule has 0 unspecified atom stereocenters. The summed E-state index contributed by atoms with van der Waals surface area (Å²) in [7, 11) is 1.78. The molecule has 0 aliphatic rings. The van der Waals surface area contributed by atoms with E-state index in [2.05, 4.69) is 5.32 Å². The fourth-order valence-electron chi connectivity index (χ4n) is 1.02. The molecule has 0 aliphatic heterocycles. The summed E-state index contributed by atoms with van der Waals surface area (Å²) in [6.45, 7) is 0. The summed E-state index contributed by atoms with van der Waals surface area (Å²) in [5.74, 6) is 0. The van der Waals surface area contributed by atoms with Gasteiger partial charge in [0, 0.05) is 41.8 Å². The van der Waals surface area contributed by atoms with E-state index in [-0.39, 0.29) is 43.0 Å². The number of allylic oxidation sites excluding steroid dienone is 3. The van der Waals surface area contributed by atoms with E-state index < -0.39 is 0 Å². The number of benzene rings is 1. The molecule has 1 N–H and O–H groups in total. The van der Waals surface area contributed by atoms with Crippen LogP contribution >= 0.6 is 0 Å². The second kappa shape index (κ2) is 10.9. The van der Waals surface area contributed by atoms with E-state index in [1.165, 1.54) is 6.21 Å². The normalized spacial score (nSPS) is 9.56. The van der Waals surface area contributed by atoms with E-state index in [0.29, 0.717) is 0 Å². The van der Waals surface area contributed by atoms with Crippen LogP contribution in [0.25, 0.3) is 11.4 Å². The van der Waals surface area contributed by atoms with Gasteiger partial charge in [-0.05, 0) is 11.6 Å². The average molecular weight is 339 g/mol. The van der Waals surface area contributed by atoms with Gasteiger partial charge in [0.05, 0.1) is 0 Å². The molecule has 0 saturated heterocycles. The van der Waals surface area contributed by atoms with Crippen LogP contribution in [0.4, 0.5) is 5.69 Å². The molecule has 2 nitrogen and oxygen atoms in total. The Morgan fingerprint density at radius 1 is 1.06 bits per heavy atom. The van der Waals surface area contributed by atoms with E-state index >= 15 is 0 Å². The van der Waals surface area contributed by atoms with Gasteiger partial charge >= 0.3 is 0 Å². The molecule has 0 aromatic heterocycles. The van der Waals surface area contributed by atoms with Crippen LogP contribution in [0.1, 0.15) is 5.56 Å². The fraction of sp³-hybridized carbons (Fsp3) is 0.0769. The van der Waals surface area contributed by atoms with Crippen LogP contribution in [0.3, 0.4) is 0 Å². The standard InChI is InChI=1S/C12H13N2.CH3.La/c1-14-12-8-6-11(7-9-12)5-3-2-4-10-13;;/h2-10,13H,1H3;1H3;/q2*-1;. The topological polar surface area (TPSA) is 38.0 Å². The number of nitrogens with one attached hydrogen (secondary N) is 1. The first-order valence-electron chi connectivity index (χ1n) is 4.40. The summed E-state index contributed by atoms with van der Waals surface area (Å²) in [4.78, 5) is 0. The first-order chi connectivity index (χ1) is 6.86. The molecule has 83 valence electrons. The summed E-state index contributed by atoms with van der Waals surface area (Å²) >= 11 is 0. The van der Waals surface area contributed by atoms with Crippen molar-refractivity contribution < 1.29 is 35.6 Å². The Balaban J connectivity index is 0. The maximum Gasteiger partial charge on any atom is 0.0177 e. The predicted octanol–water partition coefficient (Wildman–Crippen LogP) is 3.99. The second-order valence-electron chi connectivity index (χ2n) is 2.73. The Labute approximate surface area is 126 Å². The summed E-state index contributed by atoms with van der Waals surface area (Å²) < 4.78 is 0. The Bertz CT molecular complexity index is 339. The zero-order valence-corrected chi connectivity index (χ0v) is 13.3. The van der Waals surface area contributed by atoms with E-state index in [0.717, 1.165) is 11.3 Å². The Morgan fingerprint density at radius 3 is 2.19 bits per heavy atom. The van der Waals surface area contributed by atoms with Gasteiger partial charge in [0.15, 0.2) is 0 Å². The molecule has 0 fully saturated rings. The largest absolute Gasteiger partial charge is 0.687 e. The van der Waals surface area contributed by atoms with Crippen LogP contribution in [-0.2, 0) is 0 Å². The molecule has 0 bridgehead atoms. The van der Waals surface area contributed by atoms with Gasteiger partial charge in [-0.3, -0.25) is 0 Å². The van der Waals surface area contributed by atoms with Crippen LogP contribution in [0, 0.1) is 48.4 Å². The molecule has 1 aromatic rings. The zero-order valence-electron chi connectivity index (χ0n) is 9.72. The SMILES string of the molecule is C[N-]c1ccc(C=CC=CC=N)cc1.[CH3-].[La]. The molecule has 1 rings (SSSR count). The number of rotatable bonds is 4. The van der Waals surface area contributed by atoms with Crippen molar-refractivity contribution >= 4 is 18.0 Å². The molecule has 0 heterocycles. The van der Waals surface area contributed by atoms with Crippen LogP contribution in [0.2, 0.25) is 0 Å². The van der Waals surface area contributed by atoms with Crippen molar-refractivity contribution in [3.05, 3.63) is 60.8 Å². The minimum Gasteiger partial charge on any atom is -0.687 e. The van der Waals surface area contributed by atoms with Gasteiger partial charge in [0.1, 0.15) is 0 Å². The van der Waals surface area contributed by atoms with Crippen LogP contribution in [-0.4, -0.2) is 13.3 Å². The van der Waals surface area contributed by atoms with Gasteiger partial charge in [0.25, 0.3) is 0 Å². The van der Waals surface area contributed by atoms with Crippen molar-refractivity contribution in [1.29, 1.82) is 5.41 Å². The van der Waals surface area contributed by atoms with E-state index in [1.807, 2.05) is 42.5 Å². The maximum atomic E-state index is 6.78. The minimum absolute atomic E-state index is 0. The quantitative estimate of drug-likeness (QED) is 0.489. The third-order valence-corrected chi connectivity index (χ3v) is 1.76. The average Bonchev–Trinajstić information content (AvgIpc) is 2.25. The van der Waals surface area contributed by atoms with E-state index in [1.54, 1.807) is 13.1 Å². The number of nitrogens with zero attached hydrogens (tertiary/aromatic N) is 1. The summed E-state index contributed by atoms with van der Waals surface area (Å²) in [5, 5.41) is 10.8. The number of hydrogen-bond acceptors (Lipinski definition) is 1. The van der Waals surface area contributed by atoms with Gasteiger partial charge in [-0.1, -0.05) is 42.5 Å². The van der Waals surface area contributed by atoms with Gasteiger partial charge in [-0.15, -0.1) is 12.7 Å². The number of hydrogen-bond donors (Lipinski definition) is 1. The van der Waals surface area contributed by atoms with Crippen LogP contribution in [0.5, 0.6) is 0 Å². The zero-order chi connectivity index (χ0) is 10.2. The van der Waals surface area contributed by atoms with E-state index in [4.69, 9.17) is 5.41 Å². The third kappa shape index (κ3) is 6.78. The smallest absolute Gasteiger partial charge is 0.0177 e. The third-order valence-electron chi connectivity index (χ3n) is 1.76. The van der Waals surface area contributed by atoms with Crippen molar-refractivity contribution in [1.82, 2.24) is 0 Å². The molecule has 0 atom stereocenters. The molecular weight excluding hydrogens is 323 g/mol. The maximum absolute atomic E-state index is 6.78. The second-order valence-corrected chi connectivity index (χ2v) is 2.73. The predicted molar refractivity (Wildman–Crippen MR) is 68.8 cm³/mol. The van der Waals surface area contributed by atoms with Crippen molar-refractivity contribution in [3.63, 3.8) is 0 Å². The first-order valence-corrected chi connectivity index (χ1v) is 4.40. The summed E-state index contributed by atoms with van der Waals surface area (Å²) in [6, 6.07) is 7.97. The fourth-order valence-corrected chi connectivity index (χ4v) is 1.02. The molecule has 3 heteroatoms.